The van der Waals surface area contributed by atoms with E-state index >= 15 is 0 Å². The van der Waals surface area contributed by atoms with Crippen LogP contribution in [0.2, 0.25) is 0 Å². The van der Waals surface area contributed by atoms with Gasteiger partial charge in [-0.3, -0.25) is 19.3 Å². The molecular weight excluding hydrogens is 366 g/mol. The van der Waals surface area contributed by atoms with Gasteiger partial charge in [0, 0.05) is 37.4 Å². The summed E-state index contributed by atoms with van der Waals surface area (Å²) >= 11 is 0. The monoisotopic (exact) mass is 391 g/mol. The lowest BCUT2D eigenvalue weighted by atomic mass is 10.1. The maximum Gasteiger partial charge on any atom is 0.261 e. The first-order valence-electron chi connectivity index (χ1n) is 10.2. The Kier molecular flexibility index (Phi) is 5.60. The van der Waals surface area contributed by atoms with E-state index in [9.17, 15) is 14.4 Å². The highest BCUT2D eigenvalue weighted by Gasteiger charge is 2.34. The van der Waals surface area contributed by atoms with Crippen LogP contribution in [-0.4, -0.2) is 42.3 Å². The summed E-state index contributed by atoms with van der Waals surface area (Å²) in [5, 5.41) is 2.93. The molecule has 0 aliphatic carbocycles. The zero-order valence-electron chi connectivity index (χ0n) is 16.4. The van der Waals surface area contributed by atoms with E-state index < -0.39 is 0 Å². The number of hydrogen-bond acceptors (Lipinski definition) is 4. The molecule has 6 nitrogen and oxygen atoms in total. The Morgan fingerprint density at radius 1 is 0.897 bits per heavy atom. The molecule has 2 aliphatic heterocycles. The molecule has 0 aromatic heterocycles. The predicted molar refractivity (Wildman–Crippen MR) is 112 cm³/mol. The molecule has 29 heavy (non-hydrogen) atoms. The molecule has 2 aromatic carbocycles. The number of imide groups is 1. The van der Waals surface area contributed by atoms with E-state index in [1.807, 2.05) is 18.2 Å². The van der Waals surface area contributed by atoms with Crippen LogP contribution in [-0.2, 0) is 4.79 Å². The molecular formula is C23H25N3O3. The van der Waals surface area contributed by atoms with Gasteiger partial charge in [-0.15, -0.1) is 0 Å². The van der Waals surface area contributed by atoms with Crippen LogP contribution in [0.4, 0.5) is 11.4 Å². The molecule has 0 radical (unpaired) electrons. The topological polar surface area (TPSA) is 69.7 Å². The number of carbonyl (C=O) groups excluding carboxylic acids is 3. The first kappa shape index (κ1) is 19.2. The molecule has 2 heterocycles. The van der Waals surface area contributed by atoms with Crippen LogP contribution in [0.15, 0.2) is 48.5 Å². The van der Waals surface area contributed by atoms with E-state index in [-0.39, 0.29) is 30.7 Å². The lowest BCUT2D eigenvalue weighted by Crippen LogP contribution is -2.31. The SMILES string of the molecule is O=C(CCCN1C(=O)c2ccccc2C1=O)Nc1cccc(N2CCCCC2)c1. The van der Waals surface area contributed by atoms with Gasteiger partial charge in [0.2, 0.25) is 5.91 Å². The molecule has 3 amide bonds. The number of anilines is 2. The lowest BCUT2D eigenvalue weighted by Gasteiger charge is -2.29. The summed E-state index contributed by atoms with van der Waals surface area (Å²) in [5.41, 5.74) is 2.79. The van der Waals surface area contributed by atoms with Crippen molar-refractivity contribution < 1.29 is 14.4 Å². The second-order valence-electron chi connectivity index (χ2n) is 7.56. The molecule has 0 atom stereocenters. The summed E-state index contributed by atoms with van der Waals surface area (Å²) < 4.78 is 0. The van der Waals surface area contributed by atoms with Gasteiger partial charge in [0.25, 0.3) is 11.8 Å². The van der Waals surface area contributed by atoms with Gasteiger partial charge in [0.1, 0.15) is 0 Å². The number of nitrogens with zero attached hydrogens (tertiary/aromatic N) is 2. The van der Waals surface area contributed by atoms with E-state index in [2.05, 4.69) is 16.3 Å². The van der Waals surface area contributed by atoms with Crippen molar-refractivity contribution in [3.8, 4) is 0 Å². The fraction of sp³-hybridized carbons (Fsp3) is 0.348. The fourth-order valence-corrected chi connectivity index (χ4v) is 4.00. The second-order valence-corrected chi connectivity index (χ2v) is 7.56. The zero-order valence-corrected chi connectivity index (χ0v) is 16.4. The average Bonchev–Trinajstić information content (AvgIpc) is 3.00. The Morgan fingerprint density at radius 3 is 2.28 bits per heavy atom. The summed E-state index contributed by atoms with van der Waals surface area (Å²) in [6, 6.07) is 14.7. The predicted octanol–water partition coefficient (Wildman–Crippen LogP) is 3.69. The van der Waals surface area contributed by atoms with Crippen molar-refractivity contribution in [3.05, 3.63) is 59.7 Å². The number of fused-ring (bicyclic) bond motifs is 1. The average molecular weight is 391 g/mol. The Morgan fingerprint density at radius 2 is 1.59 bits per heavy atom. The van der Waals surface area contributed by atoms with Gasteiger partial charge < -0.3 is 10.2 Å². The number of amides is 3. The van der Waals surface area contributed by atoms with E-state index in [4.69, 9.17) is 0 Å². The van der Waals surface area contributed by atoms with Gasteiger partial charge in [-0.25, -0.2) is 0 Å². The van der Waals surface area contributed by atoms with Crippen molar-refractivity contribution in [1.29, 1.82) is 0 Å². The highest BCUT2D eigenvalue weighted by atomic mass is 16.2. The summed E-state index contributed by atoms with van der Waals surface area (Å²) in [6.45, 7) is 2.35. The number of nitrogens with one attached hydrogen (secondary N) is 1. The third-order valence-corrected chi connectivity index (χ3v) is 5.51. The standard InChI is InChI=1S/C23H25N3O3/c27-21(24-17-8-6-9-18(16-17)25-13-4-1-5-14-25)12-7-15-26-22(28)19-10-2-3-11-20(19)23(26)29/h2-3,6,8-11,16H,1,4-5,7,12-15H2,(H,24,27). The van der Waals surface area contributed by atoms with E-state index in [1.165, 1.54) is 24.2 Å². The van der Waals surface area contributed by atoms with Gasteiger partial charge in [0.15, 0.2) is 0 Å². The molecule has 2 aromatic rings. The highest BCUT2D eigenvalue weighted by molar-refractivity contribution is 6.21. The first-order chi connectivity index (χ1) is 14.1. The second kappa shape index (κ2) is 8.47. The van der Waals surface area contributed by atoms with Crippen molar-refractivity contribution in [2.24, 2.45) is 0 Å². The number of piperidine rings is 1. The van der Waals surface area contributed by atoms with Gasteiger partial charge in [-0.2, -0.15) is 0 Å². The van der Waals surface area contributed by atoms with E-state index in [0.29, 0.717) is 17.5 Å². The van der Waals surface area contributed by atoms with Crippen molar-refractivity contribution in [1.82, 2.24) is 4.90 Å². The Hall–Kier alpha value is -3.15. The van der Waals surface area contributed by atoms with Crippen LogP contribution in [0.25, 0.3) is 0 Å². The molecule has 4 rings (SSSR count). The Balaban J connectivity index is 1.29. The minimum atomic E-state index is -0.278. The van der Waals surface area contributed by atoms with E-state index in [0.717, 1.165) is 24.5 Å². The minimum absolute atomic E-state index is 0.114. The quantitative estimate of drug-likeness (QED) is 0.763. The number of carbonyl (C=O) groups is 3. The smallest absolute Gasteiger partial charge is 0.261 e. The van der Waals surface area contributed by atoms with Crippen molar-refractivity contribution in [3.63, 3.8) is 0 Å². The molecule has 0 unspecified atom stereocenters. The highest BCUT2D eigenvalue weighted by Crippen LogP contribution is 2.24. The first-order valence-corrected chi connectivity index (χ1v) is 10.2. The number of rotatable bonds is 6. The number of benzene rings is 2. The van der Waals surface area contributed by atoms with Crippen LogP contribution in [0, 0.1) is 0 Å². The van der Waals surface area contributed by atoms with Crippen molar-refractivity contribution in [2.75, 3.05) is 29.9 Å². The van der Waals surface area contributed by atoms with Crippen LogP contribution in [0.3, 0.4) is 0 Å². The normalized spacial score (nSPS) is 16.1. The molecule has 0 saturated carbocycles. The molecule has 2 aliphatic rings. The molecule has 1 N–H and O–H groups in total. The molecule has 1 fully saturated rings. The summed E-state index contributed by atoms with van der Waals surface area (Å²) in [5.74, 6) is -0.669. The summed E-state index contributed by atoms with van der Waals surface area (Å²) in [4.78, 5) is 40.6. The van der Waals surface area contributed by atoms with E-state index in [1.54, 1.807) is 24.3 Å². The molecule has 0 bridgehead atoms. The lowest BCUT2D eigenvalue weighted by molar-refractivity contribution is -0.116. The maximum absolute atomic E-state index is 12.4. The largest absolute Gasteiger partial charge is 0.371 e. The fourth-order valence-electron chi connectivity index (χ4n) is 4.00. The van der Waals surface area contributed by atoms with Gasteiger partial charge >= 0.3 is 0 Å². The van der Waals surface area contributed by atoms with Gasteiger partial charge in [-0.05, 0) is 56.0 Å². The summed E-state index contributed by atoms with van der Waals surface area (Å²) in [7, 11) is 0. The van der Waals surface area contributed by atoms with Crippen LogP contribution < -0.4 is 10.2 Å². The third-order valence-electron chi connectivity index (χ3n) is 5.51. The van der Waals surface area contributed by atoms with Gasteiger partial charge in [-0.1, -0.05) is 18.2 Å². The summed E-state index contributed by atoms with van der Waals surface area (Å²) in [6.07, 6.45) is 4.37. The van der Waals surface area contributed by atoms with Crippen LogP contribution >= 0.6 is 0 Å². The maximum atomic E-state index is 12.4. The molecule has 150 valence electrons. The van der Waals surface area contributed by atoms with Crippen molar-refractivity contribution in [2.45, 2.75) is 32.1 Å². The molecule has 1 saturated heterocycles. The molecule has 6 heteroatoms. The molecule has 0 spiro atoms. The Labute approximate surface area is 170 Å². The third kappa shape index (κ3) is 4.16. The zero-order chi connectivity index (χ0) is 20.2. The van der Waals surface area contributed by atoms with Gasteiger partial charge in [0.05, 0.1) is 11.1 Å². The van der Waals surface area contributed by atoms with Crippen LogP contribution in [0.5, 0.6) is 0 Å². The van der Waals surface area contributed by atoms with Crippen LogP contribution in [0.1, 0.15) is 52.8 Å². The minimum Gasteiger partial charge on any atom is -0.371 e. The van der Waals surface area contributed by atoms with Crippen molar-refractivity contribution >= 4 is 29.1 Å². The number of hydrogen-bond donors (Lipinski definition) is 1. The Bertz CT molecular complexity index is 899.